The Balaban J connectivity index is 1.57. The number of nitrogens with one attached hydrogen (secondary N) is 1. The Morgan fingerprint density at radius 1 is 1.06 bits per heavy atom. The topological polar surface area (TPSA) is 73.2 Å². The van der Waals surface area contributed by atoms with Gasteiger partial charge in [-0.3, -0.25) is 14.2 Å². The fourth-order valence-corrected chi connectivity index (χ4v) is 4.14. The lowest BCUT2D eigenvalue weighted by molar-refractivity contribution is -0.118. The summed E-state index contributed by atoms with van der Waals surface area (Å²) in [6, 6.07) is 20.5. The number of aromatic nitrogens is 2. The van der Waals surface area contributed by atoms with Crippen molar-refractivity contribution < 1.29 is 18.3 Å². The number of aryl methyl sites for hydroxylation is 1. The van der Waals surface area contributed by atoms with Crippen molar-refractivity contribution in [2.24, 2.45) is 0 Å². The predicted molar refractivity (Wildman–Crippen MR) is 128 cm³/mol. The van der Waals surface area contributed by atoms with Crippen molar-refractivity contribution in [3.63, 3.8) is 0 Å². The minimum absolute atomic E-state index is 0.0229. The van der Waals surface area contributed by atoms with Crippen molar-refractivity contribution in [1.29, 1.82) is 0 Å². The highest BCUT2D eigenvalue weighted by Crippen LogP contribution is 2.23. The number of rotatable bonds is 8. The monoisotopic (exact) mass is 481 g/mol. The molecule has 1 amide bonds. The molecule has 0 unspecified atom stereocenters. The van der Waals surface area contributed by atoms with Gasteiger partial charge in [-0.1, -0.05) is 53.7 Å². The molecule has 3 aromatic carbocycles. The van der Waals surface area contributed by atoms with E-state index in [0.29, 0.717) is 28.3 Å². The van der Waals surface area contributed by atoms with Crippen LogP contribution in [0.1, 0.15) is 11.1 Å². The van der Waals surface area contributed by atoms with Gasteiger partial charge in [-0.2, -0.15) is 8.78 Å². The van der Waals surface area contributed by atoms with Gasteiger partial charge in [-0.25, -0.2) is 4.98 Å². The molecule has 0 bridgehead atoms. The Morgan fingerprint density at radius 3 is 2.47 bits per heavy atom. The van der Waals surface area contributed by atoms with Crippen LogP contribution in [0.3, 0.4) is 0 Å². The summed E-state index contributed by atoms with van der Waals surface area (Å²) < 4.78 is 30.7. The summed E-state index contributed by atoms with van der Waals surface area (Å²) in [5.74, 6) is -0.186. The van der Waals surface area contributed by atoms with E-state index in [9.17, 15) is 18.4 Å². The maximum atomic E-state index is 13.3. The number of para-hydroxylation sites is 1. The van der Waals surface area contributed by atoms with Crippen molar-refractivity contribution >= 4 is 28.6 Å². The Kier molecular flexibility index (Phi) is 7.22. The van der Waals surface area contributed by atoms with Crippen LogP contribution in [0, 0.1) is 6.92 Å². The molecule has 1 heterocycles. The van der Waals surface area contributed by atoms with Crippen LogP contribution in [0.4, 0.5) is 8.78 Å². The van der Waals surface area contributed by atoms with E-state index in [4.69, 9.17) is 0 Å². The molecule has 174 valence electrons. The Bertz CT molecular complexity index is 1360. The van der Waals surface area contributed by atoms with Crippen LogP contribution in [-0.2, 0) is 11.3 Å². The first-order valence-electron chi connectivity index (χ1n) is 10.4. The molecule has 34 heavy (non-hydrogen) atoms. The van der Waals surface area contributed by atoms with E-state index in [1.807, 2.05) is 31.2 Å². The molecule has 0 atom stereocenters. The minimum Gasteiger partial charge on any atom is -0.435 e. The maximum absolute atomic E-state index is 13.3. The number of hydrogen-bond donors (Lipinski definition) is 1. The summed E-state index contributed by atoms with van der Waals surface area (Å²) in [4.78, 5) is 30.3. The number of amides is 1. The lowest BCUT2D eigenvalue weighted by atomic mass is 10.1. The molecule has 0 radical (unpaired) electrons. The van der Waals surface area contributed by atoms with Crippen molar-refractivity contribution in [1.82, 2.24) is 14.9 Å². The van der Waals surface area contributed by atoms with E-state index in [2.05, 4.69) is 15.0 Å². The second kappa shape index (κ2) is 10.5. The summed E-state index contributed by atoms with van der Waals surface area (Å²) in [6.07, 6.45) is 0. The molecule has 1 aromatic heterocycles. The third-order valence-electron chi connectivity index (χ3n) is 5.01. The maximum Gasteiger partial charge on any atom is 0.387 e. The summed E-state index contributed by atoms with van der Waals surface area (Å²) >= 11 is 1.12. The molecule has 0 aliphatic carbocycles. The summed E-state index contributed by atoms with van der Waals surface area (Å²) in [6.45, 7) is -0.557. The third kappa shape index (κ3) is 5.60. The molecule has 9 heteroatoms. The molecule has 0 saturated heterocycles. The molecule has 0 fully saturated rings. The van der Waals surface area contributed by atoms with Gasteiger partial charge in [0.05, 0.1) is 22.3 Å². The quantitative estimate of drug-likeness (QED) is 0.292. The molecular formula is C25H21F2N3O3S. The zero-order chi connectivity index (χ0) is 24.1. The molecule has 0 spiro atoms. The predicted octanol–water partition coefficient (Wildman–Crippen LogP) is 4.70. The largest absolute Gasteiger partial charge is 0.435 e. The Morgan fingerprint density at radius 2 is 1.76 bits per heavy atom. The molecule has 4 aromatic rings. The van der Waals surface area contributed by atoms with Gasteiger partial charge in [0, 0.05) is 6.54 Å². The van der Waals surface area contributed by atoms with E-state index in [1.165, 1.54) is 28.8 Å². The van der Waals surface area contributed by atoms with E-state index < -0.39 is 6.61 Å². The smallest absolute Gasteiger partial charge is 0.387 e. The zero-order valence-corrected chi connectivity index (χ0v) is 19.0. The van der Waals surface area contributed by atoms with Crippen molar-refractivity contribution in [3.8, 4) is 11.4 Å². The fraction of sp³-hybridized carbons (Fsp3) is 0.160. The van der Waals surface area contributed by atoms with Gasteiger partial charge >= 0.3 is 6.61 Å². The second-order valence-electron chi connectivity index (χ2n) is 7.48. The molecule has 0 aliphatic heterocycles. The van der Waals surface area contributed by atoms with Gasteiger partial charge in [-0.05, 0) is 48.9 Å². The van der Waals surface area contributed by atoms with Crippen LogP contribution in [0.2, 0.25) is 0 Å². The second-order valence-corrected chi connectivity index (χ2v) is 8.42. The number of hydrogen-bond acceptors (Lipinski definition) is 5. The van der Waals surface area contributed by atoms with Crippen LogP contribution in [0.15, 0.2) is 82.7 Å². The third-order valence-corrected chi connectivity index (χ3v) is 5.95. The fourth-order valence-electron chi connectivity index (χ4n) is 3.30. The van der Waals surface area contributed by atoms with Gasteiger partial charge in [0.15, 0.2) is 5.16 Å². The SMILES string of the molecule is Cc1ccc(CNC(=O)CSc2nc3ccccc3c(=O)n2-c2ccc(OC(F)F)cc2)cc1. The highest BCUT2D eigenvalue weighted by molar-refractivity contribution is 7.99. The lowest BCUT2D eigenvalue weighted by Crippen LogP contribution is -2.26. The van der Waals surface area contributed by atoms with Gasteiger partial charge < -0.3 is 10.1 Å². The summed E-state index contributed by atoms with van der Waals surface area (Å²) in [7, 11) is 0. The van der Waals surface area contributed by atoms with E-state index in [1.54, 1.807) is 24.3 Å². The molecule has 4 rings (SSSR count). The molecule has 0 saturated carbocycles. The average molecular weight is 482 g/mol. The number of benzene rings is 3. The number of carbonyl (C=O) groups excluding carboxylic acids is 1. The lowest BCUT2D eigenvalue weighted by Gasteiger charge is -2.14. The Labute approximate surface area is 198 Å². The first kappa shape index (κ1) is 23.4. The standard InChI is InChI=1S/C25H21F2N3O3S/c1-16-6-8-17(9-7-16)14-28-22(31)15-34-25-29-21-5-3-2-4-20(21)23(32)30(25)18-10-12-19(13-11-18)33-24(26)27/h2-13,24H,14-15H2,1H3,(H,28,31). The highest BCUT2D eigenvalue weighted by atomic mass is 32.2. The van der Waals surface area contributed by atoms with Crippen molar-refractivity contribution in [3.05, 3.63) is 94.3 Å². The average Bonchev–Trinajstić information content (AvgIpc) is 2.83. The van der Waals surface area contributed by atoms with Crippen LogP contribution in [-0.4, -0.2) is 27.8 Å². The van der Waals surface area contributed by atoms with Crippen LogP contribution in [0.25, 0.3) is 16.6 Å². The van der Waals surface area contributed by atoms with Crippen molar-refractivity contribution in [2.45, 2.75) is 25.2 Å². The first-order chi connectivity index (χ1) is 16.4. The number of fused-ring (bicyclic) bond motifs is 1. The van der Waals surface area contributed by atoms with Gasteiger partial charge in [-0.15, -0.1) is 0 Å². The van der Waals surface area contributed by atoms with Crippen LogP contribution in [0.5, 0.6) is 5.75 Å². The minimum atomic E-state index is -2.94. The number of ether oxygens (including phenoxy) is 1. The summed E-state index contributed by atoms with van der Waals surface area (Å²) in [5.41, 5.74) is 2.72. The van der Waals surface area contributed by atoms with E-state index in [0.717, 1.165) is 22.9 Å². The first-order valence-corrected chi connectivity index (χ1v) is 11.4. The van der Waals surface area contributed by atoms with E-state index in [-0.39, 0.29) is 23.0 Å². The normalized spacial score (nSPS) is 11.1. The Hall–Kier alpha value is -3.72. The summed E-state index contributed by atoms with van der Waals surface area (Å²) in [5, 5.41) is 3.59. The van der Waals surface area contributed by atoms with Gasteiger partial charge in [0.2, 0.25) is 5.91 Å². The molecular weight excluding hydrogens is 460 g/mol. The van der Waals surface area contributed by atoms with E-state index >= 15 is 0 Å². The van der Waals surface area contributed by atoms with Gasteiger partial charge in [0.1, 0.15) is 5.75 Å². The molecule has 6 nitrogen and oxygen atoms in total. The number of thioether (sulfide) groups is 1. The number of halogens is 2. The van der Waals surface area contributed by atoms with Crippen LogP contribution < -0.4 is 15.6 Å². The van der Waals surface area contributed by atoms with Crippen LogP contribution >= 0.6 is 11.8 Å². The number of carbonyl (C=O) groups is 1. The number of nitrogens with zero attached hydrogens (tertiary/aromatic N) is 2. The highest BCUT2D eigenvalue weighted by Gasteiger charge is 2.15. The number of alkyl halides is 2. The molecule has 0 aliphatic rings. The van der Waals surface area contributed by atoms with Crippen molar-refractivity contribution in [2.75, 3.05) is 5.75 Å². The molecule has 1 N–H and O–H groups in total. The zero-order valence-electron chi connectivity index (χ0n) is 18.2. The van der Waals surface area contributed by atoms with Gasteiger partial charge in [0.25, 0.3) is 5.56 Å².